The van der Waals surface area contributed by atoms with E-state index in [9.17, 15) is 4.79 Å². The molecule has 0 bridgehead atoms. The minimum atomic E-state index is -0.0743. The Balaban J connectivity index is 1.81. The highest BCUT2D eigenvalue weighted by molar-refractivity contribution is 5.94. The molecule has 4 nitrogen and oxygen atoms in total. The molecule has 0 radical (unpaired) electrons. The second kappa shape index (κ2) is 6.43. The fraction of sp³-hybridized carbons (Fsp3) is 0.222. The van der Waals surface area contributed by atoms with Gasteiger partial charge in [-0.05, 0) is 24.6 Å². The zero-order valence-electron chi connectivity index (χ0n) is 12.6. The Hall–Kier alpha value is -2.62. The van der Waals surface area contributed by atoms with Crippen LogP contribution in [-0.4, -0.2) is 15.7 Å². The number of nitrogens with zero attached hydrogens (tertiary/aromatic N) is 2. The Morgan fingerprint density at radius 2 is 1.82 bits per heavy atom. The maximum Gasteiger partial charge on any atom is 0.251 e. The van der Waals surface area contributed by atoms with Gasteiger partial charge in [-0.2, -0.15) is 5.10 Å². The van der Waals surface area contributed by atoms with Crippen molar-refractivity contribution in [1.29, 1.82) is 0 Å². The van der Waals surface area contributed by atoms with Crippen molar-refractivity contribution in [3.63, 3.8) is 0 Å². The van der Waals surface area contributed by atoms with Gasteiger partial charge in [0.2, 0.25) is 0 Å². The van der Waals surface area contributed by atoms with Crippen molar-refractivity contribution in [3.8, 4) is 0 Å². The van der Waals surface area contributed by atoms with Crippen LogP contribution >= 0.6 is 0 Å². The number of fused-ring (bicyclic) bond motifs is 1. The van der Waals surface area contributed by atoms with Gasteiger partial charge in [-0.3, -0.25) is 9.48 Å². The van der Waals surface area contributed by atoms with Crippen LogP contribution in [0, 0.1) is 0 Å². The van der Waals surface area contributed by atoms with E-state index in [0.717, 1.165) is 29.6 Å². The van der Waals surface area contributed by atoms with Gasteiger partial charge in [0.15, 0.2) is 0 Å². The van der Waals surface area contributed by atoms with Crippen molar-refractivity contribution < 1.29 is 4.79 Å². The molecule has 4 heteroatoms. The Morgan fingerprint density at radius 3 is 2.59 bits per heavy atom. The minimum absolute atomic E-state index is 0.0743. The van der Waals surface area contributed by atoms with Gasteiger partial charge in [-0.15, -0.1) is 0 Å². The highest BCUT2D eigenvalue weighted by Crippen LogP contribution is 2.18. The van der Waals surface area contributed by atoms with Crippen molar-refractivity contribution in [3.05, 3.63) is 65.9 Å². The normalized spacial score (nSPS) is 10.8. The van der Waals surface area contributed by atoms with Crippen LogP contribution < -0.4 is 5.32 Å². The van der Waals surface area contributed by atoms with Gasteiger partial charge in [0.25, 0.3) is 5.91 Å². The number of aromatic nitrogens is 2. The van der Waals surface area contributed by atoms with Crippen LogP contribution in [0.3, 0.4) is 0 Å². The highest BCUT2D eigenvalue weighted by Gasteiger charge is 2.11. The molecule has 0 fully saturated rings. The van der Waals surface area contributed by atoms with Crippen LogP contribution in [0.2, 0.25) is 0 Å². The van der Waals surface area contributed by atoms with E-state index in [1.807, 2.05) is 47.1 Å². The summed E-state index contributed by atoms with van der Waals surface area (Å²) >= 11 is 0. The first-order valence-corrected chi connectivity index (χ1v) is 7.57. The molecule has 1 N–H and O–H groups in total. The molecule has 0 saturated carbocycles. The number of nitrogens with one attached hydrogen (secondary N) is 1. The number of rotatable bonds is 5. The predicted octanol–water partition coefficient (Wildman–Crippen LogP) is 3.38. The molecule has 0 aliphatic carbocycles. The van der Waals surface area contributed by atoms with Gasteiger partial charge in [-0.25, -0.2) is 0 Å². The molecule has 0 spiro atoms. The molecular weight excluding hydrogens is 274 g/mol. The first-order valence-electron chi connectivity index (χ1n) is 7.57. The monoisotopic (exact) mass is 293 g/mol. The molecular formula is C18H19N3O. The SMILES string of the molecule is CCCn1nc(CNC(=O)c2ccccc2)c2ccccc21. The molecule has 112 valence electrons. The molecule has 0 atom stereocenters. The second-order valence-corrected chi connectivity index (χ2v) is 5.24. The summed E-state index contributed by atoms with van der Waals surface area (Å²) in [5.74, 6) is -0.0743. The summed E-state index contributed by atoms with van der Waals surface area (Å²) in [6.07, 6.45) is 1.03. The lowest BCUT2D eigenvalue weighted by atomic mass is 10.2. The number of carbonyl (C=O) groups excluding carboxylic acids is 1. The average Bonchev–Trinajstić information content (AvgIpc) is 2.92. The highest BCUT2D eigenvalue weighted by atomic mass is 16.1. The first kappa shape index (κ1) is 14.3. The van der Waals surface area contributed by atoms with Gasteiger partial charge in [-0.1, -0.05) is 43.3 Å². The van der Waals surface area contributed by atoms with Crippen LogP contribution in [0.25, 0.3) is 10.9 Å². The topological polar surface area (TPSA) is 46.9 Å². The molecule has 2 aromatic carbocycles. The fourth-order valence-corrected chi connectivity index (χ4v) is 2.56. The lowest BCUT2D eigenvalue weighted by molar-refractivity contribution is 0.0950. The van der Waals surface area contributed by atoms with E-state index < -0.39 is 0 Å². The van der Waals surface area contributed by atoms with Crippen LogP contribution in [0.1, 0.15) is 29.4 Å². The predicted molar refractivity (Wildman–Crippen MR) is 87.6 cm³/mol. The first-order chi connectivity index (χ1) is 10.8. The molecule has 1 amide bonds. The van der Waals surface area contributed by atoms with Crippen LogP contribution in [0.4, 0.5) is 0 Å². The Kier molecular flexibility index (Phi) is 4.19. The van der Waals surface area contributed by atoms with Crippen LogP contribution in [0.15, 0.2) is 54.6 Å². The molecule has 0 unspecified atom stereocenters. The third kappa shape index (κ3) is 2.86. The smallest absolute Gasteiger partial charge is 0.251 e. The molecule has 3 rings (SSSR count). The Labute approximate surface area is 129 Å². The van der Waals surface area contributed by atoms with E-state index >= 15 is 0 Å². The summed E-state index contributed by atoms with van der Waals surface area (Å²) in [6.45, 7) is 3.45. The lowest BCUT2D eigenvalue weighted by Gasteiger charge is -2.03. The summed E-state index contributed by atoms with van der Waals surface area (Å²) in [7, 11) is 0. The molecule has 0 aliphatic heterocycles. The van der Waals surface area contributed by atoms with Gasteiger partial charge in [0.1, 0.15) is 0 Å². The molecule has 0 aliphatic rings. The number of carbonyl (C=O) groups is 1. The number of benzene rings is 2. The standard InChI is InChI=1S/C18H19N3O/c1-2-12-21-17-11-7-6-10-15(17)16(20-21)13-19-18(22)14-8-4-3-5-9-14/h3-11H,2,12-13H2,1H3,(H,19,22). The number of hydrogen-bond donors (Lipinski definition) is 1. The Morgan fingerprint density at radius 1 is 1.09 bits per heavy atom. The summed E-state index contributed by atoms with van der Waals surface area (Å²) in [6, 6.07) is 17.4. The quantitative estimate of drug-likeness (QED) is 0.784. The van der Waals surface area contributed by atoms with E-state index in [2.05, 4.69) is 29.5 Å². The van der Waals surface area contributed by atoms with Gasteiger partial charge in [0, 0.05) is 17.5 Å². The lowest BCUT2D eigenvalue weighted by Crippen LogP contribution is -2.23. The average molecular weight is 293 g/mol. The number of para-hydroxylation sites is 1. The third-order valence-corrected chi connectivity index (χ3v) is 3.62. The largest absolute Gasteiger partial charge is 0.346 e. The molecule has 1 aromatic heterocycles. The Bertz CT molecular complexity index is 777. The summed E-state index contributed by atoms with van der Waals surface area (Å²) < 4.78 is 2.01. The number of aryl methyl sites for hydroxylation is 1. The number of hydrogen-bond acceptors (Lipinski definition) is 2. The van der Waals surface area contributed by atoms with Crippen molar-refractivity contribution >= 4 is 16.8 Å². The second-order valence-electron chi connectivity index (χ2n) is 5.24. The van der Waals surface area contributed by atoms with E-state index in [-0.39, 0.29) is 5.91 Å². The molecule has 0 saturated heterocycles. The van der Waals surface area contributed by atoms with E-state index in [1.165, 1.54) is 0 Å². The van der Waals surface area contributed by atoms with Gasteiger partial charge in [0.05, 0.1) is 17.8 Å². The zero-order chi connectivity index (χ0) is 15.4. The van der Waals surface area contributed by atoms with E-state index in [0.29, 0.717) is 12.1 Å². The molecule has 3 aromatic rings. The molecule has 22 heavy (non-hydrogen) atoms. The fourth-order valence-electron chi connectivity index (χ4n) is 2.56. The summed E-state index contributed by atoms with van der Waals surface area (Å²) in [5.41, 5.74) is 2.70. The third-order valence-electron chi connectivity index (χ3n) is 3.62. The van der Waals surface area contributed by atoms with E-state index in [4.69, 9.17) is 0 Å². The van der Waals surface area contributed by atoms with Crippen molar-refractivity contribution in [2.24, 2.45) is 0 Å². The van der Waals surface area contributed by atoms with Gasteiger partial charge >= 0.3 is 0 Å². The molecule has 1 heterocycles. The van der Waals surface area contributed by atoms with Crippen LogP contribution in [0.5, 0.6) is 0 Å². The van der Waals surface area contributed by atoms with Crippen molar-refractivity contribution in [2.45, 2.75) is 26.4 Å². The van der Waals surface area contributed by atoms with Crippen molar-refractivity contribution in [2.75, 3.05) is 0 Å². The van der Waals surface area contributed by atoms with Gasteiger partial charge < -0.3 is 5.32 Å². The maximum atomic E-state index is 12.1. The maximum absolute atomic E-state index is 12.1. The summed E-state index contributed by atoms with van der Waals surface area (Å²) in [4.78, 5) is 12.1. The van der Waals surface area contributed by atoms with Crippen molar-refractivity contribution in [1.82, 2.24) is 15.1 Å². The minimum Gasteiger partial charge on any atom is -0.346 e. The van der Waals surface area contributed by atoms with E-state index in [1.54, 1.807) is 0 Å². The zero-order valence-corrected chi connectivity index (χ0v) is 12.6. The summed E-state index contributed by atoms with van der Waals surface area (Å²) in [5, 5.41) is 8.70. The van der Waals surface area contributed by atoms with Crippen LogP contribution in [-0.2, 0) is 13.1 Å². The number of amides is 1.